The second kappa shape index (κ2) is 6.42. The predicted octanol–water partition coefficient (Wildman–Crippen LogP) is 2.35. The molecule has 0 aliphatic carbocycles. The Morgan fingerprint density at radius 2 is 1.88 bits per heavy atom. The van der Waals surface area contributed by atoms with Crippen LogP contribution in [0.5, 0.6) is 0 Å². The summed E-state index contributed by atoms with van der Waals surface area (Å²) in [6.07, 6.45) is 2.56. The number of carbonyl (C=O) groups is 2. The highest BCUT2D eigenvalue weighted by atomic mass is 16.4. The van der Waals surface area contributed by atoms with Crippen LogP contribution in [-0.4, -0.2) is 23.0 Å². The van der Waals surface area contributed by atoms with Gasteiger partial charge in [-0.15, -0.1) is 0 Å². The molecule has 2 N–H and O–H groups in total. The van der Waals surface area contributed by atoms with Gasteiger partial charge >= 0.3 is 5.97 Å². The van der Waals surface area contributed by atoms with Crippen LogP contribution in [-0.2, 0) is 9.59 Å². The van der Waals surface area contributed by atoms with Gasteiger partial charge in [0.25, 0.3) is 0 Å². The first-order chi connectivity index (χ1) is 7.68. The topological polar surface area (TPSA) is 66.4 Å². The highest BCUT2D eigenvalue weighted by Gasteiger charge is 2.28. The Morgan fingerprint density at radius 3 is 2.24 bits per heavy atom. The fourth-order valence-corrected chi connectivity index (χ4v) is 1.42. The van der Waals surface area contributed by atoms with Crippen LogP contribution < -0.4 is 5.32 Å². The van der Waals surface area contributed by atoms with Crippen molar-refractivity contribution in [3.63, 3.8) is 0 Å². The van der Waals surface area contributed by atoms with Crippen molar-refractivity contribution >= 4 is 11.9 Å². The molecule has 0 aromatic rings. The molecule has 0 heterocycles. The van der Waals surface area contributed by atoms with Crippen LogP contribution in [0.1, 0.15) is 47.5 Å². The number of carbonyl (C=O) groups excluding carboxylic acids is 1. The van der Waals surface area contributed by atoms with Crippen molar-refractivity contribution in [1.82, 2.24) is 5.32 Å². The number of carboxylic acid groups (broad SMARTS) is 1. The van der Waals surface area contributed by atoms with E-state index in [-0.39, 0.29) is 23.8 Å². The summed E-state index contributed by atoms with van der Waals surface area (Å²) in [4.78, 5) is 22.6. The zero-order valence-corrected chi connectivity index (χ0v) is 11.3. The van der Waals surface area contributed by atoms with Crippen molar-refractivity contribution in [1.29, 1.82) is 0 Å². The van der Waals surface area contributed by atoms with Gasteiger partial charge in [0.2, 0.25) is 5.91 Å². The van der Waals surface area contributed by atoms with Crippen LogP contribution in [0.15, 0.2) is 11.6 Å². The lowest BCUT2D eigenvalue weighted by molar-refractivity contribution is -0.138. The summed E-state index contributed by atoms with van der Waals surface area (Å²) in [6.45, 7) is 9.44. The molecule has 0 aromatic carbocycles. The van der Waals surface area contributed by atoms with Gasteiger partial charge in [-0.25, -0.2) is 0 Å². The Morgan fingerprint density at radius 1 is 1.35 bits per heavy atom. The maximum atomic E-state index is 11.8. The first-order valence-corrected chi connectivity index (χ1v) is 5.88. The van der Waals surface area contributed by atoms with Crippen LogP contribution in [0.3, 0.4) is 0 Å². The van der Waals surface area contributed by atoms with Crippen LogP contribution in [0.25, 0.3) is 0 Å². The average molecular weight is 241 g/mol. The Balaban J connectivity index is 4.71. The van der Waals surface area contributed by atoms with Gasteiger partial charge in [0.15, 0.2) is 0 Å². The number of amides is 1. The molecule has 0 bridgehead atoms. The van der Waals surface area contributed by atoms with E-state index in [1.54, 1.807) is 6.92 Å². The summed E-state index contributed by atoms with van der Waals surface area (Å²) in [5.74, 6) is -1.09. The molecule has 4 heteroatoms. The van der Waals surface area contributed by atoms with Gasteiger partial charge in [-0.05, 0) is 18.8 Å². The van der Waals surface area contributed by atoms with Crippen LogP contribution in [0, 0.1) is 5.41 Å². The molecular weight excluding hydrogens is 218 g/mol. The van der Waals surface area contributed by atoms with Gasteiger partial charge in [0, 0.05) is 11.6 Å². The van der Waals surface area contributed by atoms with Crippen molar-refractivity contribution in [2.75, 3.05) is 0 Å². The van der Waals surface area contributed by atoms with E-state index in [0.29, 0.717) is 5.57 Å². The van der Waals surface area contributed by atoms with Crippen LogP contribution >= 0.6 is 0 Å². The summed E-state index contributed by atoms with van der Waals surface area (Å²) >= 11 is 0. The van der Waals surface area contributed by atoms with Crippen molar-refractivity contribution in [3.05, 3.63) is 11.6 Å². The van der Waals surface area contributed by atoms with Crippen LogP contribution in [0.2, 0.25) is 0 Å². The van der Waals surface area contributed by atoms with Gasteiger partial charge in [-0.2, -0.15) is 0 Å². The molecule has 0 radical (unpaired) electrons. The minimum atomic E-state index is -0.901. The van der Waals surface area contributed by atoms with E-state index in [1.165, 1.54) is 0 Å². The molecule has 1 amide bonds. The molecule has 17 heavy (non-hydrogen) atoms. The first-order valence-electron chi connectivity index (χ1n) is 5.88. The Bertz CT molecular complexity index is 313. The average Bonchev–Trinajstić information content (AvgIpc) is 2.14. The maximum Gasteiger partial charge on any atom is 0.305 e. The predicted molar refractivity (Wildman–Crippen MR) is 67.7 cm³/mol. The zero-order chi connectivity index (χ0) is 13.6. The summed E-state index contributed by atoms with van der Waals surface area (Å²) in [7, 11) is 0. The molecule has 0 aromatic heterocycles. The summed E-state index contributed by atoms with van der Waals surface area (Å²) < 4.78 is 0. The molecule has 1 atom stereocenters. The maximum absolute atomic E-state index is 11.8. The van der Waals surface area contributed by atoms with Gasteiger partial charge in [0.1, 0.15) is 0 Å². The summed E-state index contributed by atoms with van der Waals surface area (Å²) in [5.41, 5.74) is 0.354. The lowest BCUT2D eigenvalue weighted by Gasteiger charge is -2.30. The number of rotatable bonds is 5. The van der Waals surface area contributed by atoms with E-state index in [9.17, 15) is 9.59 Å². The second-order valence-corrected chi connectivity index (χ2v) is 5.29. The summed E-state index contributed by atoms with van der Waals surface area (Å²) in [6, 6.07) is -0.368. The molecule has 1 unspecified atom stereocenters. The highest BCUT2D eigenvalue weighted by Crippen LogP contribution is 2.22. The monoisotopic (exact) mass is 241 g/mol. The Hall–Kier alpha value is -1.32. The lowest BCUT2D eigenvalue weighted by Crippen LogP contribution is -2.45. The van der Waals surface area contributed by atoms with E-state index < -0.39 is 5.97 Å². The molecule has 0 saturated carbocycles. The van der Waals surface area contributed by atoms with Gasteiger partial charge < -0.3 is 10.4 Å². The van der Waals surface area contributed by atoms with Gasteiger partial charge in [-0.1, -0.05) is 33.8 Å². The molecule has 0 fully saturated rings. The fourth-order valence-electron chi connectivity index (χ4n) is 1.42. The molecule has 98 valence electrons. The lowest BCUT2D eigenvalue weighted by atomic mass is 9.84. The largest absolute Gasteiger partial charge is 0.481 e. The number of nitrogens with one attached hydrogen (secondary N) is 1. The van der Waals surface area contributed by atoms with Crippen molar-refractivity contribution in [2.45, 2.75) is 53.5 Å². The normalized spacial score (nSPS) is 14.3. The van der Waals surface area contributed by atoms with E-state index in [2.05, 4.69) is 5.32 Å². The van der Waals surface area contributed by atoms with E-state index in [1.807, 2.05) is 33.8 Å². The van der Waals surface area contributed by atoms with Crippen molar-refractivity contribution in [3.8, 4) is 0 Å². The third-order valence-electron chi connectivity index (χ3n) is 2.60. The number of hydrogen-bond donors (Lipinski definition) is 2. The smallest absolute Gasteiger partial charge is 0.305 e. The third-order valence-corrected chi connectivity index (χ3v) is 2.60. The Kier molecular flexibility index (Phi) is 5.93. The molecule has 0 rings (SSSR count). The molecular formula is C13H23NO3. The van der Waals surface area contributed by atoms with Crippen molar-refractivity contribution < 1.29 is 14.7 Å². The SMILES string of the molecule is CCC=C(C)C(=O)NC(CC(=O)O)C(C)(C)C. The molecule has 4 nitrogen and oxygen atoms in total. The van der Waals surface area contributed by atoms with Crippen LogP contribution in [0.4, 0.5) is 0 Å². The van der Waals surface area contributed by atoms with Gasteiger partial charge in [-0.3, -0.25) is 9.59 Å². The second-order valence-electron chi connectivity index (χ2n) is 5.29. The number of aliphatic carboxylic acids is 1. The first kappa shape index (κ1) is 15.7. The quantitative estimate of drug-likeness (QED) is 0.726. The molecule has 0 saturated heterocycles. The van der Waals surface area contributed by atoms with Crippen molar-refractivity contribution in [2.24, 2.45) is 5.41 Å². The van der Waals surface area contributed by atoms with E-state index in [0.717, 1.165) is 6.42 Å². The van der Waals surface area contributed by atoms with E-state index in [4.69, 9.17) is 5.11 Å². The van der Waals surface area contributed by atoms with Gasteiger partial charge in [0.05, 0.1) is 6.42 Å². The minimum Gasteiger partial charge on any atom is -0.481 e. The third kappa shape index (κ3) is 6.09. The highest BCUT2D eigenvalue weighted by molar-refractivity contribution is 5.93. The number of hydrogen-bond acceptors (Lipinski definition) is 2. The molecule has 0 aliphatic heterocycles. The Labute approximate surface area is 103 Å². The zero-order valence-electron chi connectivity index (χ0n) is 11.3. The minimum absolute atomic E-state index is 0.0609. The number of carboxylic acids is 1. The summed E-state index contributed by atoms with van der Waals surface area (Å²) in [5, 5.41) is 11.6. The number of allylic oxidation sites excluding steroid dienone is 1. The fraction of sp³-hybridized carbons (Fsp3) is 0.692. The molecule has 0 spiro atoms. The van der Waals surface area contributed by atoms with E-state index >= 15 is 0 Å². The standard InChI is InChI=1S/C13H23NO3/c1-6-7-9(2)12(17)14-10(8-11(15)16)13(3,4)5/h7,10H,6,8H2,1-5H3,(H,14,17)(H,15,16). The molecule has 0 aliphatic rings.